The lowest BCUT2D eigenvalue weighted by Crippen LogP contribution is -2.47. The van der Waals surface area contributed by atoms with Crippen molar-refractivity contribution < 1.29 is 19.1 Å². The Bertz CT molecular complexity index is 1700. The summed E-state index contributed by atoms with van der Waals surface area (Å²) in [5.74, 6) is 5.21. The van der Waals surface area contributed by atoms with Crippen LogP contribution in [0.1, 0.15) is 37.9 Å². The van der Waals surface area contributed by atoms with Crippen molar-refractivity contribution in [2.45, 2.75) is 6.04 Å². The predicted molar refractivity (Wildman–Crippen MR) is 142 cm³/mol. The fourth-order valence-corrected chi connectivity index (χ4v) is 5.03. The van der Waals surface area contributed by atoms with E-state index in [-0.39, 0.29) is 17.0 Å². The number of nitrogens with zero attached hydrogens (tertiary/aromatic N) is 3. The molecule has 0 radical (unpaired) electrons. The topological polar surface area (TPSA) is 126 Å². The molecule has 0 saturated carbocycles. The number of benzene rings is 4. The smallest absolute Gasteiger partial charge is 0.343 e. The summed E-state index contributed by atoms with van der Waals surface area (Å²) in [6.45, 7) is 0. The number of methoxy groups -OCH3 is 1. The van der Waals surface area contributed by atoms with E-state index in [9.17, 15) is 14.4 Å². The fourth-order valence-electron chi connectivity index (χ4n) is 5.03. The summed E-state index contributed by atoms with van der Waals surface area (Å²) in [5, 5.41) is 10.2. The minimum absolute atomic E-state index is 0.125. The molecule has 1 aliphatic heterocycles. The van der Waals surface area contributed by atoms with Crippen LogP contribution in [0, 0.1) is 0 Å². The van der Waals surface area contributed by atoms with Crippen LogP contribution in [0.2, 0.25) is 0 Å². The number of carbonyl (C=O) groups excluding carboxylic acids is 3. The molecule has 1 aliphatic carbocycles. The molecule has 3 N–H and O–H groups in total. The van der Waals surface area contributed by atoms with Gasteiger partial charge in [0.15, 0.2) is 5.78 Å². The second-order valence-electron chi connectivity index (χ2n) is 8.80. The zero-order chi connectivity index (χ0) is 26.4. The molecule has 3 amide bonds. The van der Waals surface area contributed by atoms with E-state index in [4.69, 9.17) is 10.6 Å². The first-order valence-corrected chi connectivity index (χ1v) is 11.8. The zero-order valence-electron chi connectivity index (χ0n) is 20.2. The Balaban J connectivity index is 1.49. The van der Waals surface area contributed by atoms with Crippen molar-refractivity contribution in [1.82, 2.24) is 5.43 Å². The van der Waals surface area contributed by atoms with Crippen LogP contribution in [0.5, 0.6) is 5.75 Å². The van der Waals surface area contributed by atoms with E-state index in [0.29, 0.717) is 39.1 Å². The maximum Gasteiger partial charge on any atom is 0.343 e. The van der Waals surface area contributed by atoms with Crippen molar-refractivity contribution in [1.29, 1.82) is 0 Å². The third-order valence-corrected chi connectivity index (χ3v) is 6.80. The number of imide groups is 1. The fraction of sp³-hybridized carbons (Fsp3) is 0.0690. The molecule has 38 heavy (non-hydrogen) atoms. The SMILES string of the molecule is COc1ccc(C2=C3C(=O)c4c(cccc4N(C(=O)NN)C(=O)c4cccc5ccccc45)C3N=N2)cc1. The van der Waals surface area contributed by atoms with Crippen LogP contribution >= 0.6 is 0 Å². The summed E-state index contributed by atoms with van der Waals surface area (Å²) >= 11 is 0. The molecule has 1 atom stereocenters. The van der Waals surface area contributed by atoms with Crippen molar-refractivity contribution in [2.24, 2.45) is 16.1 Å². The highest BCUT2D eigenvalue weighted by Crippen LogP contribution is 2.49. The number of urea groups is 1. The van der Waals surface area contributed by atoms with Crippen molar-refractivity contribution in [3.05, 3.63) is 113 Å². The van der Waals surface area contributed by atoms with Gasteiger partial charge in [-0.15, -0.1) is 0 Å². The molecule has 1 heterocycles. The molecule has 0 aromatic heterocycles. The minimum Gasteiger partial charge on any atom is -0.497 e. The lowest BCUT2D eigenvalue weighted by atomic mass is 10.0. The van der Waals surface area contributed by atoms with E-state index < -0.39 is 18.0 Å². The monoisotopic (exact) mass is 503 g/mol. The Morgan fingerprint density at radius 2 is 1.68 bits per heavy atom. The highest BCUT2D eigenvalue weighted by molar-refractivity contribution is 6.29. The van der Waals surface area contributed by atoms with Gasteiger partial charge in [-0.05, 0) is 52.7 Å². The molecular formula is C29H21N5O4. The molecular weight excluding hydrogens is 482 g/mol. The lowest BCUT2D eigenvalue weighted by Gasteiger charge is -2.23. The molecule has 4 aromatic rings. The van der Waals surface area contributed by atoms with Gasteiger partial charge in [0, 0.05) is 11.1 Å². The number of anilines is 1. The molecule has 2 aliphatic rings. The Hall–Kier alpha value is -5.15. The van der Waals surface area contributed by atoms with Gasteiger partial charge in [0.05, 0.1) is 23.9 Å². The summed E-state index contributed by atoms with van der Waals surface area (Å²) in [5.41, 5.74) is 4.80. The predicted octanol–water partition coefficient (Wildman–Crippen LogP) is 5.19. The number of hydrazine groups is 1. The molecule has 0 spiro atoms. The van der Waals surface area contributed by atoms with Gasteiger partial charge in [0.2, 0.25) is 0 Å². The first-order valence-electron chi connectivity index (χ1n) is 11.8. The van der Waals surface area contributed by atoms with Gasteiger partial charge in [-0.3, -0.25) is 15.0 Å². The van der Waals surface area contributed by atoms with Crippen molar-refractivity contribution in [3.8, 4) is 5.75 Å². The molecule has 0 bridgehead atoms. The Kier molecular flexibility index (Phi) is 5.54. The van der Waals surface area contributed by atoms with E-state index >= 15 is 0 Å². The van der Waals surface area contributed by atoms with Crippen LogP contribution in [-0.4, -0.2) is 24.8 Å². The van der Waals surface area contributed by atoms with Crippen LogP contribution in [0.25, 0.3) is 16.5 Å². The van der Waals surface area contributed by atoms with Crippen molar-refractivity contribution in [3.63, 3.8) is 0 Å². The molecule has 4 aromatic carbocycles. The third kappa shape index (κ3) is 3.48. The number of nitrogens with two attached hydrogens (primary N) is 1. The number of carbonyl (C=O) groups is 3. The van der Waals surface area contributed by atoms with E-state index in [1.807, 2.05) is 24.3 Å². The first-order chi connectivity index (χ1) is 18.5. The molecule has 0 fully saturated rings. The number of azo groups is 1. The molecule has 6 rings (SSSR count). The number of amides is 3. The summed E-state index contributed by atoms with van der Waals surface area (Å²) in [6.07, 6.45) is 0. The van der Waals surface area contributed by atoms with Crippen molar-refractivity contribution >= 4 is 39.9 Å². The normalized spacial score (nSPS) is 15.4. The summed E-state index contributed by atoms with van der Waals surface area (Å²) in [7, 11) is 1.57. The maximum absolute atomic E-state index is 13.9. The number of fused-ring (bicyclic) bond motifs is 4. The largest absolute Gasteiger partial charge is 0.497 e. The van der Waals surface area contributed by atoms with Crippen LogP contribution in [0.3, 0.4) is 0 Å². The van der Waals surface area contributed by atoms with Gasteiger partial charge in [0.25, 0.3) is 5.91 Å². The van der Waals surface area contributed by atoms with Crippen molar-refractivity contribution in [2.75, 3.05) is 12.0 Å². The summed E-state index contributed by atoms with van der Waals surface area (Å²) in [4.78, 5) is 41.7. The van der Waals surface area contributed by atoms with Crippen LogP contribution in [0.4, 0.5) is 10.5 Å². The van der Waals surface area contributed by atoms with Gasteiger partial charge >= 0.3 is 6.03 Å². The first kappa shape index (κ1) is 23.3. The number of nitrogens with one attached hydrogen (secondary N) is 1. The molecule has 0 saturated heterocycles. The molecule has 9 nitrogen and oxygen atoms in total. The lowest BCUT2D eigenvalue weighted by molar-refractivity contribution is 0.0995. The number of Topliss-reactive ketones (excluding diaryl/α,β-unsaturated/α-hetero) is 1. The quantitative estimate of drug-likeness (QED) is 0.225. The molecule has 9 heteroatoms. The summed E-state index contributed by atoms with van der Waals surface area (Å²) in [6, 6.07) is 23.3. The highest BCUT2D eigenvalue weighted by atomic mass is 16.5. The van der Waals surface area contributed by atoms with Gasteiger partial charge in [0.1, 0.15) is 17.5 Å². The Labute approximate surface area is 217 Å². The average Bonchev–Trinajstić information content (AvgIpc) is 3.52. The van der Waals surface area contributed by atoms with Gasteiger partial charge < -0.3 is 4.74 Å². The Morgan fingerprint density at radius 3 is 2.45 bits per heavy atom. The maximum atomic E-state index is 13.9. The zero-order valence-corrected chi connectivity index (χ0v) is 20.2. The number of hydrogen-bond donors (Lipinski definition) is 2. The molecule has 186 valence electrons. The highest BCUT2D eigenvalue weighted by Gasteiger charge is 2.44. The van der Waals surface area contributed by atoms with Crippen LogP contribution in [0.15, 0.2) is 101 Å². The molecule has 1 unspecified atom stereocenters. The van der Waals surface area contributed by atoms with Crippen LogP contribution < -0.4 is 20.9 Å². The Morgan fingerprint density at radius 1 is 0.947 bits per heavy atom. The van der Waals surface area contributed by atoms with Gasteiger partial charge in [-0.2, -0.15) is 10.2 Å². The van der Waals surface area contributed by atoms with E-state index in [2.05, 4.69) is 15.7 Å². The third-order valence-electron chi connectivity index (χ3n) is 6.80. The number of ether oxygens (including phenoxy) is 1. The minimum atomic E-state index is -0.868. The van der Waals surface area contributed by atoms with E-state index in [1.165, 1.54) is 0 Å². The second-order valence-corrected chi connectivity index (χ2v) is 8.80. The number of rotatable bonds is 4. The van der Waals surface area contributed by atoms with E-state index in [0.717, 1.165) is 10.3 Å². The van der Waals surface area contributed by atoms with E-state index in [1.54, 1.807) is 67.8 Å². The second kappa shape index (κ2) is 9.06. The van der Waals surface area contributed by atoms with Crippen LogP contribution in [-0.2, 0) is 0 Å². The average molecular weight is 504 g/mol. The number of ketones is 1. The number of hydrogen-bond acceptors (Lipinski definition) is 7. The van der Waals surface area contributed by atoms with Gasteiger partial charge in [-0.25, -0.2) is 15.5 Å². The summed E-state index contributed by atoms with van der Waals surface area (Å²) < 4.78 is 5.23. The van der Waals surface area contributed by atoms with Gasteiger partial charge in [-0.1, -0.05) is 48.5 Å². The standard InChI is InChI=1S/C29H21N5O4/c1-38-18-14-12-17(13-15-18)25-24-26(33-32-25)21-10-5-11-22(23(21)27(24)35)34(29(37)31-30)28(36)20-9-4-7-16-6-2-3-8-19(16)20/h2-15,26H,30H2,1H3,(H,31,37).